The van der Waals surface area contributed by atoms with Crippen molar-refractivity contribution < 1.29 is 4.74 Å². The zero-order chi connectivity index (χ0) is 14.1. The quantitative estimate of drug-likeness (QED) is 0.593. The lowest BCUT2D eigenvalue weighted by Gasteiger charge is -2.18. The highest BCUT2D eigenvalue weighted by Gasteiger charge is 2.11. The minimum Gasteiger partial charge on any atom is -0.492 e. The Morgan fingerprint density at radius 3 is 2.84 bits per heavy atom. The molecule has 1 rings (SSSR count). The fraction of sp³-hybridized carbons (Fsp3) is 0.529. The number of benzene rings is 1. The molecule has 19 heavy (non-hydrogen) atoms. The SMILES string of the molecule is CC#CCCOc1cc(C)ccc1C(C)NCCC. The van der Waals surface area contributed by atoms with Crippen LogP contribution >= 0.6 is 0 Å². The van der Waals surface area contributed by atoms with Gasteiger partial charge in [0.2, 0.25) is 0 Å². The summed E-state index contributed by atoms with van der Waals surface area (Å²) in [6.45, 7) is 9.98. The fourth-order valence-corrected chi connectivity index (χ4v) is 1.93. The van der Waals surface area contributed by atoms with E-state index >= 15 is 0 Å². The molecular weight excluding hydrogens is 234 g/mol. The van der Waals surface area contributed by atoms with Gasteiger partial charge in [0.05, 0.1) is 6.61 Å². The molecule has 0 bridgehead atoms. The lowest BCUT2D eigenvalue weighted by atomic mass is 10.0. The first-order valence-corrected chi connectivity index (χ1v) is 7.05. The Balaban J connectivity index is 2.74. The molecule has 1 N–H and O–H groups in total. The summed E-state index contributed by atoms with van der Waals surface area (Å²) in [6.07, 6.45) is 1.92. The number of nitrogens with one attached hydrogen (secondary N) is 1. The second kappa shape index (κ2) is 8.61. The molecule has 0 aliphatic carbocycles. The summed E-state index contributed by atoms with van der Waals surface area (Å²) in [6, 6.07) is 6.72. The number of ether oxygens (including phenoxy) is 1. The van der Waals surface area contributed by atoms with Gasteiger partial charge in [0.25, 0.3) is 0 Å². The van der Waals surface area contributed by atoms with E-state index in [1.807, 2.05) is 6.92 Å². The number of aryl methyl sites for hydroxylation is 1. The summed E-state index contributed by atoms with van der Waals surface area (Å²) in [4.78, 5) is 0. The summed E-state index contributed by atoms with van der Waals surface area (Å²) in [5.41, 5.74) is 2.45. The van der Waals surface area contributed by atoms with E-state index < -0.39 is 0 Å². The van der Waals surface area contributed by atoms with E-state index in [2.05, 4.69) is 56.1 Å². The van der Waals surface area contributed by atoms with Crippen molar-refractivity contribution in [3.8, 4) is 17.6 Å². The molecule has 1 aromatic carbocycles. The maximum atomic E-state index is 5.88. The van der Waals surface area contributed by atoms with Gasteiger partial charge in [-0.1, -0.05) is 19.1 Å². The lowest BCUT2D eigenvalue weighted by Crippen LogP contribution is -2.20. The molecule has 2 nitrogen and oxygen atoms in total. The van der Waals surface area contributed by atoms with Crippen LogP contribution in [0.2, 0.25) is 0 Å². The first-order valence-electron chi connectivity index (χ1n) is 7.05. The predicted molar refractivity (Wildman–Crippen MR) is 81.4 cm³/mol. The van der Waals surface area contributed by atoms with E-state index in [9.17, 15) is 0 Å². The largest absolute Gasteiger partial charge is 0.492 e. The van der Waals surface area contributed by atoms with Crippen molar-refractivity contribution in [3.63, 3.8) is 0 Å². The third-order valence-corrected chi connectivity index (χ3v) is 3.00. The Bertz CT molecular complexity index is 442. The second-order valence-electron chi connectivity index (χ2n) is 4.74. The van der Waals surface area contributed by atoms with Crippen molar-refractivity contribution in [1.29, 1.82) is 0 Å². The first-order chi connectivity index (χ1) is 9.19. The van der Waals surface area contributed by atoms with Crippen LogP contribution in [0.3, 0.4) is 0 Å². The molecule has 0 aliphatic rings. The third-order valence-electron chi connectivity index (χ3n) is 3.00. The summed E-state index contributed by atoms with van der Waals surface area (Å²) < 4.78 is 5.88. The van der Waals surface area contributed by atoms with Crippen molar-refractivity contribution in [1.82, 2.24) is 5.32 Å². The van der Waals surface area contributed by atoms with E-state index in [0.717, 1.165) is 25.1 Å². The molecule has 2 heteroatoms. The molecule has 104 valence electrons. The van der Waals surface area contributed by atoms with Crippen LogP contribution in [-0.4, -0.2) is 13.2 Å². The zero-order valence-corrected chi connectivity index (χ0v) is 12.5. The molecule has 0 spiro atoms. The van der Waals surface area contributed by atoms with Gasteiger partial charge in [-0.3, -0.25) is 0 Å². The van der Waals surface area contributed by atoms with Crippen LogP contribution < -0.4 is 10.1 Å². The van der Waals surface area contributed by atoms with Crippen molar-refractivity contribution in [2.75, 3.05) is 13.2 Å². The van der Waals surface area contributed by atoms with Gasteiger partial charge in [-0.15, -0.1) is 11.8 Å². The molecule has 0 saturated heterocycles. The smallest absolute Gasteiger partial charge is 0.124 e. The van der Waals surface area contributed by atoms with Crippen LogP contribution in [0, 0.1) is 18.8 Å². The third kappa shape index (κ3) is 5.36. The number of rotatable bonds is 7. The molecule has 0 heterocycles. The highest BCUT2D eigenvalue weighted by Crippen LogP contribution is 2.26. The Labute approximate surface area is 117 Å². The highest BCUT2D eigenvalue weighted by atomic mass is 16.5. The van der Waals surface area contributed by atoms with Crippen LogP contribution in [-0.2, 0) is 0 Å². The minimum absolute atomic E-state index is 0.313. The van der Waals surface area contributed by atoms with Crippen LogP contribution in [0.15, 0.2) is 18.2 Å². The van der Waals surface area contributed by atoms with Gasteiger partial charge in [-0.05, 0) is 45.4 Å². The molecule has 0 amide bonds. The number of hydrogen-bond donors (Lipinski definition) is 1. The highest BCUT2D eigenvalue weighted by molar-refractivity contribution is 5.39. The van der Waals surface area contributed by atoms with Gasteiger partial charge in [0.15, 0.2) is 0 Å². The van der Waals surface area contributed by atoms with Gasteiger partial charge in [0, 0.05) is 18.0 Å². The van der Waals surface area contributed by atoms with E-state index in [-0.39, 0.29) is 0 Å². The van der Waals surface area contributed by atoms with Gasteiger partial charge in [-0.25, -0.2) is 0 Å². The van der Waals surface area contributed by atoms with E-state index in [1.165, 1.54) is 11.1 Å². The monoisotopic (exact) mass is 259 g/mol. The first kappa shape index (κ1) is 15.6. The molecule has 1 unspecified atom stereocenters. The average molecular weight is 259 g/mol. The standard InChI is InChI=1S/C17H25NO/c1-5-7-8-12-19-17-13-14(3)9-10-16(17)15(4)18-11-6-2/h9-10,13,15,18H,6,8,11-12H2,1-4H3. The van der Waals surface area contributed by atoms with Crippen molar-refractivity contribution in [3.05, 3.63) is 29.3 Å². The summed E-state index contributed by atoms with van der Waals surface area (Å²) in [5.74, 6) is 6.89. The Kier molecular flexibility index (Phi) is 7.07. The molecule has 0 saturated carbocycles. The normalized spacial score (nSPS) is 11.6. The molecule has 1 aromatic rings. The van der Waals surface area contributed by atoms with Crippen LogP contribution in [0.25, 0.3) is 0 Å². The van der Waals surface area contributed by atoms with Crippen molar-refractivity contribution >= 4 is 0 Å². The number of hydrogen-bond acceptors (Lipinski definition) is 2. The molecule has 0 aromatic heterocycles. The zero-order valence-electron chi connectivity index (χ0n) is 12.5. The molecule has 0 aliphatic heterocycles. The summed E-state index contributed by atoms with van der Waals surface area (Å²) in [5, 5.41) is 3.50. The van der Waals surface area contributed by atoms with Crippen molar-refractivity contribution in [2.45, 2.75) is 46.6 Å². The Hall–Kier alpha value is -1.46. The lowest BCUT2D eigenvalue weighted by molar-refractivity contribution is 0.320. The van der Waals surface area contributed by atoms with Crippen molar-refractivity contribution in [2.24, 2.45) is 0 Å². The molecule has 1 atom stereocenters. The average Bonchev–Trinajstić information content (AvgIpc) is 2.41. The second-order valence-corrected chi connectivity index (χ2v) is 4.74. The summed E-state index contributed by atoms with van der Waals surface area (Å²) in [7, 11) is 0. The van der Waals surface area contributed by atoms with Gasteiger partial charge < -0.3 is 10.1 Å². The Morgan fingerprint density at radius 1 is 1.37 bits per heavy atom. The fourth-order valence-electron chi connectivity index (χ4n) is 1.93. The van der Waals surface area contributed by atoms with E-state index in [1.54, 1.807) is 0 Å². The predicted octanol–water partition coefficient (Wildman–Crippen LogP) is 3.85. The maximum Gasteiger partial charge on any atom is 0.124 e. The topological polar surface area (TPSA) is 21.3 Å². The van der Waals surface area contributed by atoms with Crippen LogP contribution in [0.1, 0.15) is 50.8 Å². The van der Waals surface area contributed by atoms with Gasteiger partial charge in [-0.2, -0.15) is 0 Å². The molecule has 0 fully saturated rings. The van der Waals surface area contributed by atoms with Crippen LogP contribution in [0.4, 0.5) is 0 Å². The minimum atomic E-state index is 0.313. The van der Waals surface area contributed by atoms with E-state index in [0.29, 0.717) is 12.6 Å². The molecule has 0 radical (unpaired) electrons. The molecular formula is C17H25NO. The van der Waals surface area contributed by atoms with Gasteiger partial charge >= 0.3 is 0 Å². The van der Waals surface area contributed by atoms with Gasteiger partial charge in [0.1, 0.15) is 5.75 Å². The van der Waals surface area contributed by atoms with E-state index in [4.69, 9.17) is 4.74 Å². The Morgan fingerprint density at radius 2 is 2.16 bits per heavy atom. The van der Waals surface area contributed by atoms with Crippen LogP contribution in [0.5, 0.6) is 5.75 Å². The summed E-state index contributed by atoms with van der Waals surface area (Å²) >= 11 is 0. The maximum absolute atomic E-state index is 5.88.